The standard InChI is InChI=1S/C12H6ClF3N4S/c13-7-1-3-8(4-2-7)21-10-6-5-9-17-18-11(12(14,15)16)20(9)19-10/h1-6H. The van der Waals surface area contributed by atoms with Gasteiger partial charge in [0.2, 0.25) is 0 Å². The molecule has 0 saturated carbocycles. The third-order valence-electron chi connectivity index (χ3n) is 2.53. The predicted molar refractivity (Wildman–Crippen MR) is 71.4 cm³/mol. The SMILES string of the molecule is FC(F)(F)c1nnc2ccc(Sc3ccc(Cl)cc3)nn12. The van der Waals surface area contributed by atoms with E-state index in [0.717, 1.165) is 4.90 Å². The van der Waals surface area contributed by atoms with Crippen molar-refractivity contribution in [3.63, 3.8) is 0 Å². The fraction of sp³-hybridized carbons (Fsp3) is 0.0833. The first-order valence-corrected chi connectivity index (χ1v) is 6.86. The Kier molecular flexibility index (Phi) is 3.50. The van der Waals surface area contributed by atoms with Crippen LogP contribution >= 0.6 is 23.4 Å². The molecule has 0 atom stereocenters. The summed E-state index contributed by atoms with van der Waals surface area (Å²) in [6.45, 7) is 0. The molecule has 0 radical (unpaired) electrons. The van der Waals surface area contributed by atoms with Crippen molar-refractivity contribution in [2.75, 3.05) is 0 Å². The van der Waals surface area contributed by atoms with Gasteiger partial charge < -0.3 is 0 Å². The van der Waals surface area contributed by atoms with Gasteiger partial charge in [-0.2, -0.15) is 22.8 Å². The minimum atomic E-state index is -4.60. The fourth-order valence-electron chi connectivity index (χ4n) is 1.63. The van der Waals surface area contributed by atoms with Crippen molar-refractivity contribution in [2.45, 2.75) is 16.1 Å². The zero-order chi connectivity index (χ0) is 15.0. The van der Waals surface area contributed by atoms with Gasteiger partial charge in [-0.3, -0.25) is 0 Å². The summed E-state index contributed by atoms with van der Waals surface area (Å²) in [5.41, 5.74) is 0.0442. The Labute approximate surface area is 125 Å². The highest BCUT2D eigenvalue weighted by Gasteiger charge is 2.37. The lowest BCUT2D eigenvalue weighted by atomic mass is 10.4. The van der Waals surface area contributed by atoms with Crippen LogP contribution in [0.3, 0.4) is 0 Å². The highest BCUT2D eigenvalue weighted by Crippen LogP contribution is 2.30. The van der Waals surface area contributed by atoms with Crippen molar-refractivity contribution in [2.24, 2.45) is 0 Å². The van der Waals surface area contributed by atoms with Gasteiger partial charge in [0, 0.05) is 9.92 Å². The van der Waals surface area contributed by atoms with E-state index >= 15 is 0 Å². The summed E-state index contributed by atoms with van der Waals surface area (Å²) < 4.78 is 39.0. The molecule has 2 heterocycles. The number of benzene rings is 1. The summed E-state index contributed by atoms with van der Waals surface area (Å²) in [5.74, 6) is -1.14. The van der Waals surface area contributed by atoms with E-state index in [-0.39, 0.29) is 5.65 Å². The van der Waals surface area contributed by atoms with Crippen LogP contribution in [-0.4, -0.2) is 19.8 Å². The Morgan fingerprint density at radius 1 is 1.00 bits per heavy atom. The maximum Gasteiger partial charge on any atom is 0.453 e. The lowest BCUT2D eigenvalue weighted by molar-refractivity contribution is -0.146. The van der Waals surface area contributed by atoms with E-state index in [0.29, 0.717) is 14.6 Å². The topological polar surface area (TPSA) is 43.1 Å². The van der Waals surface area contributed by atoms with Crippen molar-refractivity contribution >= 4 is 29.0 Å². The highest BCUT2D eigenvalue weighted by atomic mass is 35.5. The molecule has 0 spiro atoms. The smallest absolute Gasteiger partial charge is 0.188 e. The first kappa shape index (κ1) is 14.2. The molecule has 3 rings (SSSR count). The Hall–Kier alpha value is -1.80. The van der Waals surface area contributed by atoms with Crippen molar-refractivity contribution < 1.29 is 13.2 Å². The molecule has 3 aromatic rings. The number of halogens is 4. The third-order valence-corrected chi connectivity index (χ3v) is 3.71. The van der Waals surface area contributed by atoms with Crippen LogP contribution in [0.5, 0.6) is 0 Å². The number of alkyl halides is 3. The number of hydrogen-bond acceptors (Lipinski definition) is 4. The molecule has 1 aromatic carbocycles. The molecular weight excluding hydrogens is 325 g/mol. The van der Waals surface area contributed by atoms with Gasteiger partial charge in [0.25, 0.3) is 5.82 Å². The van der Waals surface area contributed by atoms with Gasteiger partial charge in [-0.15, -0.1) is 10.2 Å². The Morgan fingerprint density at radius 2 is 1.71 bits per heavy atom. The van der Waals surface area contributed by atoms with Gasteiger partial charge in [-0.25, -0.2) is 0 Å². The van der Waals surface area contributed by atoms with Crippen LogP contribution in [-0.2, 0) is 6.18 Å². The molecular formula is C12H6ClF3N4S. The van der Waals surface area contributed by atoms with Crippen molar-refractivity contribution in [1.29, 1.82) is 0 Å². The predicted octanol–water partition coefficient (Wildman–Crippen LogP) is 3.95. The van der Waals surface area contributed by atoms with Crippen LogP contribution in [0, 0.1) is 0 Å². The van der Waals surface area contributed by atoms with Crippen molar-refractivity contribution in [1.82, 2.24) is 19.8 Å². The minimum Gasteiger partial charge on any atom is -0.188 e. The molecule has 0 N–H and O–H groups in total. The van der Waals surface area contributed by atoms with E-state index in [1.54, 1.807) is 30.3 Å². The highest BCUT2D eigenvalue weighted by molar-refractivity contribution is 7.99. The minimum absolute atomic E-state index is 0.0442. The molecule has 9 heteroatoms. The number of rotatable bonds is 2. The number of aromatic nitrogens is 4. The van der Waals surface area contributed by atoms with E-state index < -0.39 is 12.0 Å². The van der Waals surface area contributed by atoms with E-state index in [1.165, 1.54) is 17.8 Å². The van der Waals surface area contributed by atoms with Crippen LogP contribution in [0.15, 0.2) is 46.3 Å². The van der Waals surface area contributed by atoms with Crippen LogP contribution < -0.4 is 0 Å². The lowest BCUT2D eigenvalue weighted by Gasteiger charge is -2.05. The molecule has 4 nitrogen and oxygen atoms in total. The third kappa shape index (κ3) is 2.96. The monoisotopic (exact) mass is 330 g/mol. The molecule has 21 heavy (non-hydrogen) atoms. The van der Waals surface area contributed by atoms with Crippen LogP contribution in [0.4, 0.5) is 13.2 Å². The summed E-state index contributed by atoms with van der Waals surface area (Å²) in [4.78, 5) is 0.813. The second-order valence-electron chi connectivity index (χ2n) is 4.02. The molecule has 0 aliphatic carbocycles. The van der Waals surface area contributed by atoms with Crippen LogP contribution in [0.1, 0.15) is 5.82 Å². The molecule has 108 valence electrons. The maximum absolute atomic E-state index is 12.8. The Morgan fingerprint density at radius 3 is 2.38 bits per heavy atom. The molecule has 0 bridgehead atoms. The maximum atomic E-state index is 12.8. The first-order chi connectivity index (χ1) is 9.93. The molecule has 0 unspecified atom stereocenters. The molecule has 0 amide bonds. The van der Waals surface area contributed by atoms with Gasteiger partial charge in [0.05, 0.1) is 0 Å². The van der Waals surface area contributed by atoms with E-state index in [9.17, 15) is 13.2 Å². The molecule has 0 aliphatic heterocycles. The number of fused-ring (bicyclic) bond motifs is 1. The molecule has 0 saturated heterocycles. The molecule has 2 aromatic heterocycles. The summed E-state index contributed by atoms with van der Waals surface area (Å²) >= 11 is 7.00. The normalized spacial score (nSPS) is 12.0. The Balaban J connectivity index is 1.98. The summed E-state index contributed by atoms with van der Waals surface area (Å²) in [5, 5.41) is 11.5. The summed E-state index contributed by atoms with van der Waals surface area (Å²) in [7, 11) is 0. The fourth-order valence-corrected chi connectivity index (χ4v) is 2.52. The van der Waals surface area contributed by atoms with Gasteiger partial charge in [0.1, 0.15) is 5.03 Å². The Bertz CT molecular complexity index is 785. The average Bonchev–Trinajstić information content (AvgIpc) is 2.84. The van der Waals surface area contributed by atoms with E-state index in [2.05, 4.69) is 15.3 Å². The quantitative estimate of drug-likeness (QED) is 0.713. The molecule has 0 aliphatic rings. The number of nitrogens with zero attached hydrogens (tertiary/aromatic N) is 4. The average molecular weight is 331 g/mol. The van der Waals surface area contributed by atoms with Crippen molar-refractivity contribution in [3.05, 3.63) is 47.2 Å². The van der Waals surface area contributed by atoms with E-state index in [4.69, 9.17) is 11.6 Å². The van der Waals surface area contributed by atoms with Gasteiger partial charge in [0.15, 0.2) is 5.65 Å². The lowest BCUT2D eigenvalue weighted by Crippen LogP contribution is -2.12. The number of hydrogen-bond donors (Lipinski definition) is 0. The summed E-state index contributed by atoms with van der Waals surface area (Å²) in [6.07, 6.45) is -4.60. The molecule has 0 fully saturated rings. The van der Waals surface area contributed by atoms with Gasteiger partial charge in [-0.1, -0.05) is 23.4 Å². The van der Waals surface area contributed by atoms with Crippen molar-refractivity contribution in [3.8, 4) is 0 Å². The van der Waals surface area contributed by atoms with Crippen LogP contribution in [0.25, 0.3) is 5.65 Å². The zero-order valence-corrected chi connectivity index (χ0v) is 11.7. The van der Waals surface area contributed by atoms with Gasteiger partial charge in [-0.05, 0) is 36.4 Å². The largest absolute Gasteiger partial charge is 0.453 e. The second kappa shape index (κ2) is 5.19. The zero-order valence-electron chi connectivity index (χ0n) is 10.2. The summed E-state index contributed by atoms with van der Waals surface area (Å²) in [6, 6.07) is 9.94. The van der Waals surface area contributed by atoms with E-state index in [1.807, 2.05) is 0 Å². The van der Waals surface area contributed by atoms with Gasteiger partial charge >= 0.3 is 6.18 Å². The van der Waals surface area contributed by atoms with Crippen LogP contribution in [0.2, 0.25) is 5.02 Å². The first-order valence-electron chi connectivity index (χ1n) is 5.66. The second-order valence-corrected chi connectivity index (χ2v) is 5.55.